The standard InChI is InChI=1S/C11H21NO3/c1-15-8-10(11(13)14)12-9-6-4-2-3-5-7-9/h9-10,12H,2-8H2,1H3,(H,13,14). The average molecular weight is 215 g/mol. The van der Waals surface area contributed by atoms with E-state index in [0.29, 0.717) is 6.04 Å². The van der Waals surface area contributed by atoms with Gasteiger partial charge in [0.25, 0.3) is 0 Å². The summed E-state index contributed by atoms with van der Waals surface area (Å²) in [5, 5.41) is 12.1. The minimum absolute atomic E-state index is 0.242. The van der Waals surface area contributed by atoms with E-state index in [-0.39, 0.29) is 6.61 Å². The third-order valence-electron chi connectivity index (χ3n) is 2.92. The molecule has 0 aliphatic heterocycles. The van der Waals surface area contributed by atoms with Crippen molar-refractivity contribution in [1.82, 2.24) is 5.32 Å². The molecule has 0 aromatic heterocycles. The Labute approximate surface area is 91.0 Å². The minimum atomic E-state index is -0.818. The number of hydrogen-bond donors (Lipinski definition) is 2. The van der Waals surface area contributed by atoms with Crippen LogP contribution in [0.1, 0.15) is 38.5 Å². The van der Waals surface area contributed by atoms with Crippen molar-refractivity contribution in [3.63, 3.8) is 0 Å². The van der Waals surface area contributed by atoms with Gasteiger partial charge < -0.3 is 9.84 Å². The molecule has 15 heavy (non-hydrogen) atoms. The molecule has 0 heterocycles. The summed E-state index contributed by atoms with van der Waals surface area (Å²) in [6.45, 7) is 0.242. The molecule has 0 saturated heterocycles. The molecule has 1 atom stereocenters. The number of carbonyl (C=O) groups is 1. The SMILES string of the molecule is COCC(NC1CCCCCC1)C(=O)O. The summed E-state index contributed by atoms with van der Waals surface area (Å²) < 4.78 is 4.89. The zero-order valence-electron chi connectivity index (χ0n) is 9.37. The highest BCUT2D eigenvalue weighted by molar-refractivity contribution is 5.73. The van der Waals surface area contributed by atoms with Gasteiger partial charge in [-0.15, -0.1) is 0 Å². The van der Waals surface area contributed by atoms with Crippen LogP contribution in [-0.4, -0.2) is 36.9 Å². The van der Waals surface area contributed by atoms with Gasteiger partial charge in [-0.05, 0) is 12.8 Å². The van der Waals surface area contributed by atoms with Gasteiger partial charge >= 0.3 is 5.97 Å². The maximum absolute atomic E-state index is 10.9. The normalized spacial score (nSPS) is 20.9. The second kappa shape index (κ2) is 6.80. The van der Waals surface area contributed by atoms with E-state index in [1.165, 1.54) is 32.8 Å². The first-order valence-electron chi connectivity index (χ1n) is 5.72. The molecule has 1 aliphatic rings. The van der Waals surface area contributed by atoms with Crippen LogP contribution in [0.4, 0.5) is 0 Å². The Hall–Kier alpha value is -0.610. The third kappa shape index (κ3) is 4.62. The average Bonchev–Trinajstić information content (AvgIpc) is 2.45. The Morgan fingerprint density at radius 3 is 2.47 bits per heavy atom. The maximum atomic E-state index is 10.9. The van der Waals surface area contributed by atoms with E-state index < -0.39 is 12.0 Å². The van der Waals surface area contributed by atoms with Crippen molar-refractivity contribution in [3.05, 3.63) is 0 Å². The first kappa shape index (κ1) is 12.5. The minimum Gasteiger partial charge on any atom is -0.480 e. The molecule has 0 aromatic carbocycles. The topological polar surface area (TPSA) is 58.6 Å². The van der Waals surface area contributed by atoms with Gasteiger partial charge in [-0.1, -0.05) is 25.7 Å². The van der Waals surface area contributed by atoms with Crippen LogP contribution < -0.4 is 5.32 Å². The molecule has 1 saturated carbocycles. The summed E-state index contributed by atoms with van der Waals surface area (Å²) >= 11 is 0. The molecular weight excluding hydrogens is 194 g/mol. The van der Waals surface area contributed by atoms with E-state index in [4.69, 9.17) is 9.84 Å². The smallest absolute Gasteiger partial charge is 0.323 e. The first-order valence-corrected chi connectivity index (χ1v) is 5.72. The predicted molar refractivity (Wildman–Crippen MR) is 57.9 cm³/mol. The lowest BCUT2D eigenvalue weighted by Crippen LogP contribution is -2.45. The molecule has 1 unspecified atom stereocenters. The van der Waals surface area contributed by atoms with E-state index in [9.17, 15) is 4.79 Å². The van der Waals surface area contributed by atoms with E-state index in [1.54, 1.807) is 0 Å². The summed E-state index contributed by atoms with van der Waals surface area (Å²) in [5.41, 5.74) is 0. The molecule has 1 rings (SSSR count). The van der Waals surface area contributed by atoms with Crippen LogP contribution in [-0.2, 0) is 9.53 Å². The van der Waals surface area contributed by atoms with E-state index >= 15 is 0 Å². The number of carboxylic acid groups (broad SMARTS) is 1. The van der Waals surface area contributed by atoms with Crippen molar-refractivity contribution in [2.75, 3.05) is 13.7 Å². The van der Waals surface area contributed by atoms with Crippen LogP contribution in [0.5, 0.6) is 0 Å². The molecule has 0 amide bonds. The number of nitrogens with one attached hydrogen (secondary N) is 1. The monoisotopic (exact) mass is 215 g/mol. The molecule has 0 radical (unpaired) electrons. The number of methoxy groups -OCH3 is 1. The summed E-state index contributed by atoms with van der Waals surface area (Å²) in [5.74, 6) is -0.818. The summed E-state index contributed by atoms with van der Waals surface area (Å²) in [4.78, 5) is 10.9. The van der Waals surface area contributed by atoms with Crippen molar-refractivity contribution < 1.29 is 14.6 Å². The number of rotatable bonds is 5. The maximum Gasteiger partial charge on any atom is 0.323 e. The van der Waals surface area contributed by atoms with Crippen molar-refractivity contribution in [2.45, 2.75) is 50.6 Å². The second-order valence-corrected chi connectivity index (χ2v) is 4.20. The lowest BCUT2D eigenvalue weighted by molar-refractivity contribution is -0.141. The fourth-order valence-electron chi connectivity index (χ4n) is 2.09. The summed E-state index contributed by atoms with van der Waals surface area (Å²) in [6.07, 6.45) is 7.15. The lowest BCUT2D eigenvalue weighted by atomic mass is 10.1. The highest BCUT2D eigenvalue weighted by atomic mass is 16.5. The first-order chi connectivity index (χ1) is 7.24. The Bertz CT molecular complexity index is 188. The molecule has 2 N–H and O–H groups in total. The Morgan fingerprint density at radius 1 is 1.40 bits per heavy atom. The molecule has 0 aromatic rings. The van der Waals surface area contributed by atoms with Gasteiger partial charge in [0.1, 0.15) is 6.04 Å². The van der Waals surface area contributed by atoms with Crippen LogP contribution >= 0.6 is 0 Å². The molecule has 4 heteroatoms. The molecule has 4 nitrogen and oxygen atoms in total. The van der Waals surface area contributed by atoms with Gasteiger partial charge in [0, 0.05) is 13.2 Å². The van der Waals surface area contributed by atoms with Crippen molar-refractivity contribution in [3.8, 4) is 0 Å². The Kier molecular flexibility index (Phi) is 5.65. The van der Waals surface area contributed by atoms with Gasteiger partial charge in [0.2, 0.25) is 0 Å². The third-order valence-corrected chi connectivity index (χ3v) is 2.92. The van der Waals surface area contributed by atoms with Crippen LogP contribution in [0.25, 0.3) is 0 Å². The molecule has 1 aliphatic carbocycles. The van der Waals surface area contributed by atoms with Gasteiger partial charge in [-0.3, -0.25) is 10.1 Å². The van der Waals surface area contributed by atoms with Crippen LogP contribution in [0, 0.1) is 0 Å². The van der Waals surface area contributed by atoms with Gasteiger partial charge in [0.05, 0.1) is 6.61 Å². The number of hydrogen-bond acceptors (Lipinski definition) is 3. The van der Waals surface area contributed by atoms with Crippen molar-refractivity contribution in [1.29, 1.82) is 0 Å². The highest BCUT2D eigenvalue weighted by Crippen LogP contribution is 2.17. The van der Waals surface area contributed by atoms with E-state index in [0.717, 1.165) is 12.8 Å². The predicted octanol–water partition coefficient (Wildman–Crippen LogP) is 1.40. The van der Waals surface area contributed by atoms with Gasteiger partial charge in [-0.2, -0.15) is 0 Å². The fraction of sp³-hybridized carbons (Fsp3) is 0.909. The van der Waals surface area contributed by atoms with E-state index in [2.05, 4.69) is 5.32 Å². The number of ether oxygens (including phenoxy) is 1. The van der Waals surface area contributed by atoms with Crippen LogP contribution in [0.15, 0.2) is 0 Å². The molecule has 0 bridgehead atoms. The summed E-state index contributed by atoms with van der Waals surface area (Å²) in [7, 11) is 1.53. The zero-order chi connectivity index (χ0) is 11.1. The fourth-order valence-corrected chi connectivity index (χ4v) is 2.09. The van der Waals surface area contributed by atoms with Crippen molar-refractivity contribution >= 4 is 5.97 Å². The molecule has 0 spiro atoms. The second-order valence-electron chi connectivity index (χ2n) is 4.20. The molecule has 1 fully saturated rings. The lowest BCUT2D eigenvalue weighted by Gasteiger charge is -2.21. The highest BCUT2D eigenvalue weighted by Gasteiger charge is 2.21. The Balaban J connectivity index is 2.37. The van der Waals surface area contributed by atoms with Crippen molar-refractivity contribution in [2.24, 2.45) is 0 Å². The quantitative estimate of drug-likeness (QED) is 0.681. The van der Waals surface area contributed by atoms with Gasteiger partial charge in [0.15, 0.2) is 0 Å². The molecular formula is C11H21NO3. The largest absolute Gasteiger partial charge is 0.480 e. The zero-order valence-corrected chi connectivity index (χ0v) is 9.37. The number of carboxylic acids is 1. The van der Waals surface area contributed by atoms with E-state index in [1.807, 2.05) is 0 Å². The Morgan fingerprint density at radius 2 is 2.00 bits per heavy atom. The van der Waals surface area contributed by atoms with Gasteiger partial charge in [-0.25, -0.2) is 0 Å². The number of aliphatic carboxylic acids is 1. The summed E-state index contributed by atoms with van der Waals surface area (Å²) in [6, 6.07) is -0.207. The van der Waals surface area contributed by atoms with Crippen LogP contribution in [0.2, 0.25) is 0 Å². The van der Waals surface area contributed by atoms with Crippen LogP contribution in [0.3, 0.4) is 0 Å². The molecule has 88 valence electrons.